The fraction of sp³-hybridized carbons (Fsp3) is 0.267. The smallest absolute Gasteiger partial charge is 0.195 e. The highest BCUT2D eigenvalue weighted by Crippen LogP contribution is 2.30. The van der Waals surface area contributed by atoms with Crippen LogP contribution in [0.5, 0.6) is 0 Å². The van der Waals surface area contributed by atoms with Gasteiger partial charge >= 0.3 is 0 Å². The number of thiophene rings is 1. The topological polar surface area (TPSA) is 46.5 Å². The van der Waals surface area contributed by atoms with E-state index in [9.17, 15) is 0 Å². The van der Waals surface area contributed by atoms with Crippen LogP contribution in [0, 0.1) is 4.77 Å². The molecule has 0 radical (unpaired) electrons. The molecule has 0 aliphatic carbocycles. The molecule has 3 heterocycles. The standard InChI is InChI=1S/C15H16N4S2/c1-15(2,12-6-4-8-21-12)10-19-13(17-18-14(19)20)11-5-3-7-16-9-11/h3-9H,10H2,1-2H3,(H,18,20). The molecule has 1 N–H and O–H groups in total. The van der Waals surface area contributed by atoms with Gasteiger partial charge in [0.05, 0.1) is 0 Å². The Balaban J connectivity index is 2.00. The van der Waals surface area contributed by atoms with Gasteiger partial charge in [-0.05, 0) is 35.8 Å². The molecule has 3 aromatic heterocycles. The molecule has 3 rings (SSSR count). The van der Waals surface area contributed by atoms with E-state index in [1.807, 2.05) is 16.7 Å². The second kappa shape index (κ2) is 5.54. The predicted octanol–water partition coefficient (Wildman–Crippen LogP) is 4.04. The number of aromatic nitrogens is 4. The average Bonchev–Trinajstić information content (AvgIpc) is 3.11. The Morgan fingerprint density at radius 3 is 2.86 bits per heavy atom. The van der Waals surface area contributed by atoms with E-state index in [-0.39, 0.29) is 5.41 Å². The van der Waals surface area contributed by atoms with Crippen LogP contribution in [0.2, 0.25) is 0 Å². The molecule has 6 heteroatoms. The molecule has 0 atom stereocenters. The van der Waals surface area contributed by atoms with Crippen LogP contribution in [0.15, 0.2) is 42.0 Å². The Hall–Kier alpha value is -1.79. The number of hydrogen-bond acceptors (Lipinski definition) is 4. The number of pyridine rings is 1. The third-order valence-corrected chi connectivity index (χ3v) is 4.97. The van der Waals surface area contributed by atoms with Gasteiger partial charge in [0, 0.05) is 34.8 Å². The average molecular weight is 316 g/mol. The van der Waals surface area contributed by atoms with Crippen LogP contribution in [-0.4, -0.2) is 19.7 Å². The van der Waals surface area contributed by atoms with Gasteiger partial charge in [0.25, 0.3) is 0 Å². The lowest BCUT2D eigenvalue weighted by atomic mass is 9.91. The van der Waals surface area contributed by atoms with Crippen molar-refractivity contribution in [3.05, 3.63) is 51.7 Å². The SMILES string of the molecule is CC(C)(Cn1c(-c2cccnc2)n[nH]c1=S)c1cccs1. The zero-order valence-electron chi connectivity index (χ0n) is 11.9. The van der Waals surface area contributed by atoms with E-state index >= 15 is 0 Å². The highest BCUT2D eigenvalue weighted by Gasteiger charge is 2.24. The van der Waals surface area contributed by atoms with Crippen molar-refractivity contribution in [2.75, 3.05) is 0 Å². The van der Waals surface area contributed by atoms with Gasteiger partial charge in [-0.2, -0.15) is 5.10 Å². The van der Waals surface area contributed by atoms with Crippen LogP contribution in [0.3, 0.4) is 0 Å². The number of aromatic amines is 1. The van der Waals surface area contributed by atoms with E-state index in [0.29, 0.717) is 4.77 Å². The molecule has 21 heavy (non-hydrogen) atoms. The van der Waals surface area contributed by atoms with Crippen LogP contribution in [-0.2, 0) is 12.0 Å². The molecule has 4 nitrogen and oxygen atoms in total. The quantitative estimate of drug-likeness (QED) is 0.739. The van der Waals surface area contributed by atoms with Gasteiger partial charge in [0.15, 0.2) is 10.6 Å². The minimum atomic E-state index is -0.00672. The van der Waals surface area contributed by atoms with Crippen molar-refractivity contribution in [1.82, 2.24) is 19.7 Å². The molecule has 0 bridgehead atoms. The monoisotopic (exact) mass is 316 g/mol. The minimum Gasteiger partial charge on any atom is -0.299 e. The molecule has 0 aliphatic rings. The van der Waals surface area contributed by atoms with Crippen LogP contribution >= 0.6 is 23.6 Å². The van der Waals surface area contributed by atoms with Gasteiger partial charge in [0.1, 0.15) is 0 Å². The first kappa shape index (κ1) is 14.2. The molecule has 0 saturated carbocycles. The summed E-state index contributed by atoms with van der Waals surface area (Å²) in [5.41, 5.74) is 0.958. The van der Waals surface area contributed by atoms with Crippen molar-refractivity contribution < 1.29 is 0 Å². The van der Waals surface area contributed by atoms with Gasteiger partial charge in [-0.1, -0.05) is 19.9 Å². The second-order valence-electron chi connectivity index (χ2n) is 5.54. The lowest BCUT2D eigenvalue weighted by Gasteiger charge is -2.24. The van der Waals surface area contributed by atoms with Crippen molar-refractivity contribution in [2.24, 2.45) is 0 Å². The number of hydrogen-bond donors (Lipinski definition) is 1. The maximum Gasteiger partial charge on any atom is 0.195 e. The Labute approximate surface area is 132 Å². The van der Waals surface area contributed by atoms with Crippen LogP contribution in [0.4, 0.5) is 0 Å². The van der Waals surface area contributed by atoms with Crippen LogP contribution < -0.4 is 0 Å². The maximum absolute atomic E-state index is 5.40. The van der Waals surface area contributed by atoms with Gasteiger partial charge in [-0.15, -0.1) is 11.3 Å². The molecule has 0 fully saturated rings. The Morgan fingerprint density at radius 2 is 2.19 bits per heavy atom. The first-order valence-electron chi connectivity index (χ1n) is 6.67. The first-order valence-corrected chi connectivity index (χ1v) is 7.96. The predicted molar refractivity (Wildman–Crippen MR) is 88.0 cm³/mol. The molecule has 3 aromatic rings. The number of nitrogens with one attached hydrogen (secondary N) is 1. The third-order valence-electron chi connectivity index (χ3n) is 3.42. The van der Waals surface area contributed by atoms with Crippen LogP contribution in [0.1, 0.15) is 18.7 Å². The Bertz CT molecular complexity index is 770. The van der Waals surface area contributed by atoms with Gasteiger partial charge in [-0.25, -0.2) is 0 Å². The number of H-pyrrole nitrogens is 1. The summed E-state index contributed by atoms with van der Waals surface area (Å²) in [6, 6.07) is 8.14. The van der Waals surface area contributed by atoms with Crippen molar-refractivity contribution in [3.63, 3.8) is 0 Å². The summed E-state index contributed by atoms with van der Waals surface area (Å²) >= 11 is 7.17. The molecular formula is C15H16N4S2. The maximum atomic E-state index is 5.40. The van der Waals surface area contributed by atoms with E-state index in [1.165, 1.54) is 4.88 Å². The van der Waals surface area contributed by atoms with E-state index in [0.717, 1.165) is 17.9 Å². The van der Waals surface area contributed by atoms with Crippen molar-refractivity contribution >= 4 is 23.6 Å². The van der Waals surface area contributed by atoms with E-state index in [4.69, 9.17) is 12.2 Å². The third kappa shape index (κ3) is 2.82. The van der Waals surface area contributed by atoms with Crippen molar-refractivity contribution in [2.45, 2.75) is 25.8 Å². The largest absolute Gasteiger partial charge is 0.299 e. The normalized spacial score (nSPS) is 11.7. The van der Waals surface area contributed by atoms with Gasteiger partial charge in [0.2, 0.25) is 0 Å². The van der Waals surface area contributed by atoms with E-state index in [2.05, 4.69) is 46.5 Å². The highest BCUT2D eigenvalue weighted by atomic mass is 32.1. The van der Waals surface area contributed by atoms with Crippen molar-refractivity contribution in [3.8, 4) is 11.4 Å². The zero-order valence-corrected chi connectivity index (χ0v) is 13.5. The highest BCUT2D eigenvalue weighted by molar-refractivity contribution is 7.71. The summed E-state index contributed by atoms with van der Waals surface area (Å²) in [4.78, 5) is 5.49. The second-order valence-corrected chi connectivity index (χ2v) is 6.88. The van der Waals surface area contributed by atoms with Crippen molar-refractivity contribution in [1.29, 1.82) is 0 Å². The Kier molecular flexibility index (Phi) is 3.73. The number of rotatable bonds is 4. The molecule has 0 aliphatic heterocycles. The Morgan fingerprint density at radius 1 is 1.33 bits per heavy atom. The summed E-state index contributed by atoms with van der Waals surface area (Å²) in [5.74, 6) is 0.831. The molecule has 0 spiro atoms. The van der Waals surface area contributed by atoms with Crippen LogP contribution in [0.25, 0.3) is 11.4 Å². The molecule has 108 valence electrons. The lowest BCUT2D eigenvalue weighted by molar-refractivity contribution is 0.441. The number of nitrogens with zero attached hydrogens (tertiary/aromatic N) is 3. The minimum absolute atomic E-state index is 0.00672. The fourth-order valence-corrected chi connectivity index (χ4v) is 3.36. The summed E-state index contributed by atoms with van der Waals surface area (Å²) in [7, 11) is 0. The molecule has 0 amide bonds. The van der Waals surface area contributed by atoms with E-state index < -0.39 is 0 Å². The summed E-state index contributed by atoms with van der Waals surface area (Å²) in [5, 5.41) is 9.36. The first-order chi connectivity index (χ1) is 10.1. The molecule has 0 saturated heterocycles. The summed E-state index contributed by atoms with van der Waals surface area (Å²) < 4.78 is 2.69. The molecule has 0 aromatic carbocycles. The van der Waals surface area contributed by atoms with Gasteiger partial charge in [-0.3, -0.25) is 14.6 Å². The fourth-order valence-electron chi connectivity index (χ4n) is 2.32. The summed E-state index contributed by atoms with van der Waals surface area (Å²) in [6.07, 6.45) is 3.56. The zero-order chi connectivity index (χ0) is 14.9. The molecular weight excluding hydrogens is 300 g/mol. The lowest BCUT2D eigenvalue weighted by Crippen LogP contribution is -2.24. The summed E-state index contributed by atoms with van der Waals surface area (Å²) in [6.45, 7) is 5.22. The molecule has 0 unspecified atom stereocenters. The van der Waals surface area contributed by atoms with E-state index in [1.54, 1.807) is 23.7 Å². The van der Waals surface area contributed by atoms with Gasteiger partial charge < -0.3 is 0 Å².